The number of hydrogen-bond acceptors (Lipinski definition) is 7. The highest BCUT2D eigenvalue weighted by molar-refractivity contribution is 7.89. The van der Waals surface area contributed by atoms with Crippen LogP contribution in [0.3, 0.4) is 0 Å². The smallest absolute Gasteiger partial charge is 0.274 e. The zero-order valence-electron chi connectivity index (χ0n) is 18.9. The first-order chi connectivity index (χ1) is 16.2. The molecule has 0 spiro atoms. The number of nitro benzene ring substituents is 1. The fourth-order valence-corrected chi connectivity index (χ4v) is 5.31. The van der Waals surface area contributed by atoms with Gasteiger partial charge in [0.25, 0.3) is 5.69 Å². The summed E-state index contributed by atoms with van der Waals surface area (Å²) in [5, 5.41) is 13.8. The van der Waals surface area contributed by atoms with E-state index in [1.165, 1.54) is 10.4 Å². The Kier molecular flexibility index (Phi) is 6.64. The second-order valence-corrected chi connectivity index (χ2v) is 10.00. The van der Waals surface area contributed by atoms with Crippen LogP contribution in [0.15, 0.2) is 41.3 Å². The number of nitro groups is 1. The standard InChI is InChI=1S/C22H25N5O6S/c1-15-3-4-16(13-20(15)27(29)30)23-22(28)8-7-21-24-18-14-17(5-6-19(18)25(21)2)34(31,32)26-9-11-33-12-10-26/h3-6,13-14H,7-12H2,1-2H3,(H,23,28). The van der Waals surface area contributed by atoms with Crippen molar-refractivity contribution in [3.63, 3.8) is 0 Å². The van der Waals surface area contributed by atoms with E-state index in [-0.39, 0.29) is 22.9 Å². The van der Waals surface area contributed by atoms with Crippen molar-refractivity contribution >= 4 is 38.3 Å². The Morgan fingerprint density at radius 2 is 1.94 bits per heavy atom. The second-order valence-electron chi connectivity index (χ2n) is 8.06. The Bertz CT molecular complexity index is 1360. The van der Waals surface area contributed by atoms with E-state index in [0.29, 0.717) is 55.3 Å². The number of morpholine rings is 1. The number of anilines is 1. The molecule has 2 aromatic carbocycles. The predicted molar refractivity (Wildman–Crippen MR) is 125 cm³/mol. The molecule has 1 aliphatic rings. The quantitative estimate of drug-likeness (QED) is 0.399. The number of ether oxygens (including phenoxy) is 1. The maximum atomic E-state index is 12.9. The molecular weight excluding hydrogens is 462 g/mol. The number of imidazole rings is 1. The zero-order valence-corrected chi connectivity index (χ0v) is 19.7. The lowest BCUT2D eigenvalue weighted by atomic mass is 10.2. The highest BCUT2D eigenvalue weighted by atomic mass is 32.2. The van der Waals surface area contributed by atoms with E-state index in [1.807, 2.05) is 11.6 Å². The average molecular weight is 488 g/mol. The first-order valence-electron chi connectivity index (χ1n) is 10.7. The minimum atomic E-state index is -3.64. The molecule has 1 amide bonds. The lowest BCUT2D eigenvalue weighted by Crippen LogP contribution is -2.40. The Labute approximate surface area is 196 Å². The highest BCUT2D eigenvalue weighted by Gasteiger charge is 2.27. The SMILES string of the molecule is Cc1ccc(NC(=O)CCc2nc3cc(S(=O)(=O)N4CCOCC4)ccc3n2C)cc1[N+](=O)[O-]. The van der Waals surface area contributed by atoms with Gasteiger partial charge in [-0.15, -0.1) is 0 Å². The van der Waals surface area contributed by atoms with Crippen molar-refractivity contribution in [2.24, 2.45) is 7.05 Å². The van der Waals surface area contributed by atoms with Gasteiger partial charge in [-0.3, -0.25) is 14.9 Å². The third kappa shape index (κ3) is 4.79. The third-order valence-electron chi connectivity index (χ3n) is 5.82. The Balaban J connectivity index is 1.47. The summed E-state index contributed by atoms with van der Waals surface area (Å²) in [5.74, 6) is 0.321. The van der Waals surface area contributed by atoms with Crippen LogP contribution in [0.2, 0.25) is 0 Å². The van der Waals surface area contributed by atoms with E-state index in [9.17, 15) is 23.3 Å². The van der Waals surface area contributed by atoms with Crippen molar-refractivity contribution in [1.82, 2.24) is 13.9 Å². The molecule has 0 aliphatic carbocycles. The van der Waals surface area contributed by atoms with Crippen molar-refractivity contribution in [3.05, 3.63) is 57.9 Å². The van der Waals surface area contributed by atoms with Crippen molar-refractivity contribution < 1.29 is 22.9 Å². The largest absolute Gasteiger partial charge is 0.379 e. The van der Waals surface area contributed by atoms with Gasteiger partial charge in [-0.1, -0.05) is 6.07 Å². The summed E-state index contributed by atoms with van der Waals surface area (Å²) in [7, 11) is -1.83. The normalized spacial score (nSPS) is 14.9. The summed E-state index contributed by atoms with van der Waals surface area (Å²) in [6.45, 7) is 2.99. The third-order valence-corrected chi connectivity index (χ3v) is 7.71. The average Bonchev–Trinajstić information content (AvgIpc) is 3.14. The summed E-state index contributed by atoms with van der Waals surface area (Å²) in [4.78, 5) is 27.8. The number of carbonyl (C=O) groups is 1. The summed E-state index contributed by atoms with van der Waals surface area (Å²) in [5.41, 5.74) is 2.09. The number of aromatic nitrogens is 2. The Hall–Kier alpha value is -3.35. The lowest BCUT2D eigenvalue weighted by Gasteiger charge is -2.26. The molecule has 0 atom stereocenters. The zero-order chi connectivity index (χ0) is 24.5. The molecule has 4 rings (SSSR count). The minimum absolute atomic E-state index is 0.0593. The number of benzene rings is 2. The van der Waals surface area contributed by atoms with Crippen molar-refractivity contribution in [2.45, 2.75) is 24.7 Å². The van der Waals surface area contributed by atoms with Crippen LogP contribution in [-0.4, -0.2) is 59.4 Å². The van der Waals surface area contributed by atoms with Crippen LogP contribution in [0, 0.1) is 17.0 Å². The van der Waals surface area contributed by atoms with Crippen LogP contribution in [0.1, 0.15) is 17.8 Å². The van der Waals surface area contributed by atoms with E-state index < -0.39 is 14.9 Å². The first kappa shape index (κ1) is 23.8. The summed E-state index contributed by atoms with van der Waals surface area (Å²) in [6.07, 6.45) is 0.425. The molecule has 2 heterocycles. The summed E-state index contributed by atoms with van der Waals surface area (Å²) < 4.78 is 34.3. The Morgan fingerprint density at radius 1 is 1.21 bits per heavy atom. The molecule has 1 fully saturated rings. The number of nitrogens with zero attached hydrogens (tertiary/aromatic N) is 4. The number of nitrogens with one attached hydrogen (secondary N) is 1. The molecule has 1 aliphatic heterocycles. The topological polar surface area (TPSA) is 137 Å². The van der Waals surface area contributed by atoms with E-state index in [0.717, 1.165) is 5.52 Å². The fraction of sp³-hybridized carbons (Fsp3) is 0.364. The van der Waals surface area contributed by atoms with E-state index in [4.69, 9.17) is 4.74 Å². The Morgan fingerprint density at radius 3 is 2.65 bits per heavy atom. The maximum Gasteiger partial charge on any atom is 0.274 e. The molecule has 11 nitrogen and oxygen atoms in total. The highest BCUT2D eigenvalue weighted by Crippen LogP contribution is 2.24. The van der Waals surface area contributed by atoms with Crippen LogP contribution in [-0.2, 0) is 33.0 Å². The summed E-state index contributed by atoms with van der Waals surface area (Å²) in [6, 6.07) is 9.36. The monoisotopic (exact) mass is 487 g/mol. The lowest BCUT2D eigenvalue weighted by molar-refractivity contribution is -0.385. The van der Waals surface area contributed by atoms with Crippen LogP contribution >= 0.6 is 0 Å². The van der Waals surface area contributed by atoms with Crippen molar-refractivity contribution in [1.29, 1.82) is 0 Å². The molecule has 12 heteroatoms. The van der Waals surface area contributed by atoms with Gasteiger partial charge in [-0.25, -0.2) is 13.4 Å². The number of rotatable bonds is 7. The van der Waals surface area contributed by atoms with Gasteiger partial charge in [0.15, 0.2) is 0 Å². The molecule has 0 saturated carbocycles. The minimum Gasteiger partial charge on any atom is -0.379 e. The molecule has 0 radical (unpaired) electrons. The van der Waals surface area contributed by atoms with Gasteiger partial charge in [-0.05, 0) is 31.2 Å². The molecule has 1 aromatic heterocycles. The fourth-order valence-electron chi connectivity index (χ4n) is 3.88. The molecular formula is C22H25N5O6S. The summed E-state index contributed by atoms with van der Waals surface area (Å²) >= 11 is 0. The van der Waals surface area contributed by atoms with Crippen LogP contribution in [0.5, 0.6) is 0 Å². The van der Waals surface area contributed by atoms with Gasteiger partial charge in [-0.2, -0.15) is 4.31 Å². The van der Waals surface area contributed by atoms with Gasteiger partial charge in [0.1, 0.15) is 5.82 Å². The number of fused-ring (bicyclic) bond motifs is 1. The predicted octanol–water partition coefficient (Wildman–Crippen LogP) is 2.38. The van der Waals surface area contributed by atoms with E-state index in [1.54, 1.807) is 37.3 Å². The second kappa shape index (κ2) is 9.49. The number of aryl methyl sites for hydroxylation is 3. The van der Waals surface area contributed by atoms with Crippen LogP contribution in [0.4, 0.5) is 11.4 Å². The van der Waals surface area contributed by atoms with Gasteiger partial charge in [0, 0.05) is 50.3 Å². The van der Waals surface area contributed by atoms with Gasteiger partial charge >= 0.3 is 0 Å². The maximum absolute atomic E-state index is 12.9. The van der Waals surface area contributed by atoms with Crippen molar-refractivity contribution in [3.8, 4) is 0 Å². The first-order valence-corrected chi connectivity index (χ1v) is 12.2. The number of hydrogen-bond donors (Lipinski definition) is 1. The molecule has 0 bridgehead atoms. The molecule has 0 unspecified atom stereocenters. The number of carbonyl (C=O) groups excluding carboxylic acids is 1. The molecule has 180 valence electrons. The van der Waals surface area contributed by atoms with Crippen LogP contribution in [0.25, 0.3) is 11.0 Å². The van der Waals surface area contributed by atoms with Gasteiger partial charge in [0.2, 0.25) is 15.9 Å². The van der Waals surface area contributed by atoms with Gasteiger partial charge < -0.3 is 14.6 Å². The van der Waals surface area contributed by atoms with Crippen molar-refractivity contribution in [2.75, 3.05) is 31.6 Å². The van der Waals surface area contributed by atoms with E-state index in [2.05, 4.69) is 10.3 Å². The number of sulfonamides is 1. The van der Waals surface area contributed by atoms with E-state index >= 15 is 0 Å². The molecule has 3 aromatic rings. The van der Waals surface area contributed by atoms with Gasteiger partial charge in [0.05, 0.1) is 34.1 Å². The molecule has 1 saturated heterocycles. The molecule has 1 N–H and O–H groups in total. The molecule has 34 heavy (non-hydrogen) atoms. The van der Waals surface area contributed by atoms with Crippen LogP contribution < -0.4 is 5.32 Å². The number of amides is 1.